The molecule has 1 aromatic rings. The van der Waals surface area contributed by atoms with E-state index >= 15 is 0 Å². The van der Waals surface area contributed by atoms with Crippen LogP contribution in [0.3, 0.4) is 0 Å². The van der Waals surface area contributed by atoms with Gasteiger partial charge in [-0.3, -0.25) is 0 Å². The first-order chi connectivity index (χ1) is 8.54. The average Bonchev–Trinajstić information content (AvgIpc) is 2.24. The normalized spacial score (nSPS) is 14.4. The van der Waals surface area contributed by atoms with E-state index < -0.39 is 32.3 Å². The van der Waals surface area contributed by atoms with E-state index in [0.717, 1.165) is 6.07 Å². The van der Waals surface area contributed by atoms with Gasteiger partial charge in [-0.15, -0.1) is 0 Å². The van der Waals surface area contributed by atoms with E-state index in [0.29, 0.717) is 5.56 Å². The zero-order valence-corrected chi connectivity index (χ0v) is 12.4. The molecule has 0 aliphatic carbocycles. The molecule has 0 radical (unpaired) electrons. The van der Waals surface area contributed by atoms with Crippen LogP contribution in [0.4, 0.5) is 4.39 Å². The molecule has 0 heterocycles. The summed E-state index contributed by atoms with van der Waals surface area (Å²) in [6, 6.07) is 3.91. The van der Waals surface area contributed by atoms with Crippen molar-refractivity contribution in [2.45, 2.75) is 38.7 Å². The second-order valence-electron chi connectivity index (χ2n) is 5.67. The minimum Gasteiger partial charge on any atom is -0.391 e. The van der Waals surface area contributed by atoms with Gasteiger partial charge in [0.05, 0.1) is 6.10 Å². The summed E-state index contributed by atoms with van der Waals surface area (Å²) in [6.45, 7) is 6.89. The van der Waals surface area contributed by atoms with Gasteiger partial charge in [-0.1, -0.05) is 26.8 Å². The van der Waals surface area contributed by atoms with Gasteiger partial charge in [0, 0.05) is 6.54 Å². The molecule has 1 aromatic carbocycles. The van der Waals surface area contributed by atoms with Crippen LogP contribution in [0, 0.1) is 18.2 Å². The number of hydrogen-bond acceptors (Lipinski definition) is 3. The molecule has 0 spiro atoms. The standard InChI is InChI=1S/C13H20FNO3S/c1-9-5-6-11(10(14)7-9)19(17,18)15-8-12(16)13(2,3)4/h5-7,12,15-16H,8H2,1-4H3. The van der Waals surface area contributed by atoms with Gasteiger partial charge in [-0.25, -0.2) is 17.5 Å². The largest absolute Gasteiger partial charge is 0.391 e. The summed E-state index contributed by atoms with van der Waals surface area (Å²) in [5, 5.41) is 9.79. The molecule has 0 amide bonds. The first-order valence-corrected chi connectivity index (χ1v) is 7.46. The van der Waals surface area contributed by atoms with Crippen molar-refractivity contribution in [2.24, 2.45) is 5.41 Å². The second kappa shape index (κ2) is 5.56. The molecule has 6 heteroatoms. The minimum atomic E-state index is -3.95. The molecule has 19 heavy (non-hydrogen) atoms. The number of aliphatic hydroxyl groups is 1. The molecule has 2 N–H and O–H groups in total. The van der Waals surface area contributed by atoms with Crippen LogP contribution in [-0.4, -0.2) is 26.2 Å². The summed E-state index contributed by atoms with van der Waals surface area (Å²) in [5.74, 6) is -0.794. The molecular weight excluding hydrogens is 269 g/mol. The van der Waals surface area contributed by atoms with Crippen LogP contribution in [0.15, 0.2) is 23.1 Å². The van der Waals surface area contributed by atoms with Crippen LogP contribution in [0.2, 0.25) is 0 Å². The Morgan fingerprint density at radius 1 is 1.37 bits per heavy atom. The summed E-state index contributed by atoms with van der Waals surface area (Å²) >= 11 is 0. The fourth-order valence-electron chi connectivity index (χ4n) is 1.40. The van der Waals surface area contributed by atoms with Crippen molar-refractivity contribution in [3.05, 3.63) is 29.6 Å². The molecule has 0 aliphatic heterocycles. The Balaban J connectivity index is 2.88. The van der Waals surface area contributed by atoms with Gasteiger partial charge < -0.3 is 5.11 Å². The van der Waals surface area contributed by atoms with E-state index in [-0.39, 0.29) is 6.54 Å². The first-order valence-electron chi connectivity index (χ1n) is 5.98. The Bertz CT molecular complexity index is 549. The van der Waals surface area contributed by atoms with E-state index in [4.69, 9.17) is 0 Å². The fraction of sp³-hybridized carbons (Fsp3) is 0.538. The Morgan fingerprint density at radius 2 is 1.95 bits per heavy atom. The van der Waals surface area contributed by atoms with Crippen molar-refractivity contribution in [1.29, 1.82) is 0 Å². The van der Waals surface area contributed by atoms with Crippen LogP contribution in [0.5, 0.6) is 0 Å². The molecule has 1 rings (SSSR count). The number of halogens is 1. The molecule has 0 aliphatic rings. The van der Waals surface area contributed by atoms with Crippen LogP contribution in [0.1, 0.15) is 26.3 Å². The maximum Gasteiger partial charge on any atom is 0.243 e. The molecule has 0 fully saturated rings. The summed E-state index contributed by atoms with van der Waals surface area (Å²) in [6.07, 6.45) is -0.851. The quantitative estimate of drug-likeness (QED) is 0.888. The van der Waals surface area contributed by atoms with Gasteiger partial charge in [0.2, 0.25) is 10.0 Å². The number of rotatable bonds is 4. The third kappa shape index (κ3) is 4.26. The smallest absolute Gasteiger partial charge is 0.243 e. The molecule has 1 atom stereocenters. The Labute approximate surface area is 113 Å². The Morgan fingerprint density at radius 3 is 2.42 bits per heavy atom. The lowest BCUT2D eigenvalue weighted by Crippen LogP contribution is -2.39. The van der Waals surface area contributed by atoms with Crippen LogP contribution in [-0.2, 0) is 10.0 Å². The summed E-state index contributed by atoms with van der Waals surface area (Å²) in [5.41, 5.74) is 0.195. The van der Waals surface area contributed by atoms with Crippen molar-refractivity contribution in [3.63, 3.8) is 0 Å². The molecule has 0 saturated heterocycles. The summed E-state index contributed by atoms with van der Waals surface area (Å²) < 4.78 is 39.7. The van der Waals surface area contributed by atoms with E-state index in [9.17, 15) is 17.9 Å². The highest BCUT2D eigenvalue weighted by Crippen LogP contribution is 2.20. The Hall–Kier alpha value is -0.980. The maximum absolute atomic E-state index is 13.6. The molecule has 4 nitrogen and oxygen atoms in total. The third-order valence-electron chi connectivity index (χ3n) is 2.84. The lowest BCUT2D eigenvalue weighted by molar-refractivity contribution is 0.0677. The van der Waals surface area contributed by atoms with Crippen LogP contribution >= 0.6 is 0 Å². The van der Waals surface area contributed by atoms with E-state index in [1.165, 1.54) is 12.1 Å². The van der Waals surface area contributed by atoms with E-state index in [1.54, 1.807) is 27.7 Å². The molecule has 0 bridgehead atoms. The number of aliphatic hydroxyl groups excluding tert-OH is 1. The summed E-state index contributed by atoms with van der Waals surface area (Å²) in [7, 11) is -3.95. The topological polar surface area (TPSA) is 66.4 Å². The van der Waals surface area contributed by atoms with Crippen molar-refractivity contribution in [1.82, 2.24) is 4.72 Å². The SMILES string of the molecule is Cc1ccc(S(=O)(=O)NCC(O)C(C)(C)C)c(F)c1. The number of nitrogens with one attached hydrogen (secondary N) is 1. The minimum absolute atomic E-state index is 0.154. The summed E-state index contributed by atoms with van der Waals surface area (Å²) in [4.78, 5) is -0.404. The van der Waals surface area contributed by atoms with Crippen molar-refractivity contribution in [2.75, 3.05) is 6.54 Å². The lowest BCUT2D eigenvalue weighted by atomic mass is 9.89. The number of hydrogen-bond donors (Lipinski definition) is 2. The average molecular weight is 289 g/mol. The molecule has 0 aromatic heterocycles. The molecule has 1 unspecified atom stereocenters. The van der Waals surface area contributed by atoms with Crippen molar-refractivity contribution in [3.8, 4) is 0 Å². The van der Waals surface area contributed by atoms with Gasteiger partial charge in [-0.05, 0) is 30.0 Å². The lowest BCUT2D eigenvalue weighted by Gasteiger charge is -2.25. The highest BCUT2D eigenvalue weighted by Gasteiger charge is 2.25. The molecule has 0 saturated carbocycles. The Kier molecular flexibility index (Phi) is 4.71. The highest BCUT2D eigenvalue weighted by atomic mass is 32.2. The number of sulfonamides is 1. The van der Waals surface area contributed by atoms with Gasteiger partial charge >= 0.3 is 0 Å². The van der Waals surface area contributed by atoms with E-state index in [2.05, 4.69) is 4.72 Å². The van der Waals surface area contributed by atoms with Crippen molar-refractivity contribution >= 4 is 10.0 Å². The monoisotopic (exact) mass is 289 g/mol. The zero-order chi connectivity index (χ0) is 14.8. The van der Waals surface area contributed by atoms with Gasteiger partial charge in [0.1, 0.15) is 10.7 Å². The number of aryl methyl sites for hydroxylation is 1. The third-order valence-corrected chi connectivity index (χ3v) is 4.30. The molecule has 108 valence electrons. The van der Waals surface area contributed by atoms with Gasteiger partial charge in [0.25, 0.3) is 0 Å². The zero-order valence-electron chi connectivity index (χ0n) is 11.6. The van der Waals surface area contributed by atoms with E-state index in [1.807, 2.05) is 0 Å². The highest BCUT2D eigenvalue weighted by molar-refractivity contribution is 7.89. The fourth-order valence-corrected chi connectivity index (χ4v) is 2.49. The van der Waals surface area contributed by atoms with Crippen molar-refractivity contribution < 1.29 is 17.9 Å². The van der Waals surface area contributed by atoms with Crippen LogP contribution < -0.4 is 4.72 Å². The predicted octanol–water partition coefficient (Wildman–Crippen LogP) is 1.82. The maximum atomic E-state index is 13.6. The van der Waals surface area contributed by atoms with Gasteiger partial charge in [-0.2, -0.15) is 0 Å². The molecular formula is C13H20FNO3S. The van der Waals surface area contributed by atoms with Gasteiger partial charge in [0.15, 0.2) is 0 Å². The first kappa shape index (κ1) is 16.1. The predicted molar refractivity (Wildman–Crippen MR) is 71.8 cm³/mol. The second-order valence-corrected chi connectivity index (χ2v) is 7.40. The van der Waals surface area contributed by atoms with Crippen LogP contribution in [0.25, 0.3) is 0 Å². The number of benzene rings is 1.